The highest BCUT2D eigenvalue weighted by Crippen LogP contribution is 2.19. The molecular formula is C17H25FN2O. The minimum atomic E-state index is -0.309. The van der Waals surface area contributed by atoms with Crippen LogP contribution in [-0.4, -0.2) is 36.5 Å². The number of carbonyl (C=O) groups excluding carboxylic acids is 1. The number of rotatable bonds is 4. The molecule has 1 atom stereocenters. The van der Waals surface area contributed by atoms with Crippen molar-refractivity contribution in [2.24, 2.45) is 5.92 Å². The molecule has 4 heteroatoms. The van der Waals surface area contributed by atoms with Gasteiger partial charge in [-0.1, -0.05) is 19.9 Å². The van der Waals surface area contributed by atoms with E-state index in [0.717, 1.165) is 32.5 Å². The van der Waals surface area contributed by atoms with Crippen molar-refractivity contribution in [3.8, 4) is 0 Å². The zero-order valence-electron chi connectivity index (χ0n) is 13.2. The summed E-state index contributed by atoms with van der Waals surface area (Å²) < 4.78 is 13.6. The number of benzene rings is 1. The molecule has 0 bridgehead atoms. The average Bonchev–Trinajstić information content (AvgIpc) is 2.47. The van der Waals surface area contributed by atoms with Gasteiger partial charge in [0.2, 0.25) is 0 Å². The van der Waals surface area contributed by atoms with E-state index < -0.39 is 0 Å². The van der Waals surface area contributed by atoms with Crippen molar-refractivity contribution in [3.05, 3.63) is 35.1 Å². The van der Waals surface area contributed by atoms with E-state index in [1.165, 1.54) is 6.07 Å². The molecule has 1 aliphatic rings. The van der Waals surface area contributed by atoms with Crippen LogP contribution in [-0.2, 0) is 0 Å². The molecule has 0 aromatic heterocycles. The molecular weight excluding hydrogens is 267 g/mol. The summed E-state index contributed by atoms with van der Waals surface area (Å²) in [7, 11) is 0. The summed E-state index contributed by atoms with van der Waals surface area (Å²) >= 11 is 0. The quantitative estimate of drug-likeness (QED) is 0.925. The van der Waals surface area contributed by atoms with Gasteiger partial charge in [-0.15, -0.1) is 0 Å². The van der Waals surface area contributed by atoms with Crippen LogP contribution in [0.15, 0.2) is 18.2 Å². The molecule has 1 aromatic carbocycles. The summed E-state index contributed by atoms with van der Waals surface area (Å²) in [6.07, 6.45) is 2.16. The Balaban J connectivity index is 1.99. The Hall–Kier alpha value is -1.42. The van der Waals surface area contributed by atoms with E-state index in [-0.39, 0.29) is 11.7 Å². The maximum Gasteiger partial charge on any atom is 0.253 e. The van der Waals surface area contributed by atoms with Crippen LogP contribution in [0.5, 0.6) is 0 Å². The van der Waals surface area contributed by atoms with Crippen LogP contribution >= 0.6 is 0 Å². The van der Waals surface area contributed by atoms with Gasteiger partial charge in [0, 0.05) is 24.7 Å². The molecule has 1 heterocycles. The molecule has 3 nitrogen and oxygen atoms in total. The molecule has 1 unspecified atom stereocenters. The maximum absolute atomic E-state index is 13.6. The molecule has 0 radical (unpaired) electrons. The number of carbonyl (C=O) groups is 1. The summed E-state index contributed by atoms with van der Waals surface area (Å²) in [6, 6.07) is 5.21. The number of piperidine rings is 1. The molecule has 2 rings (SSSR count). The number of aryl methyl sites for hydroxylation is 1. The molecule has 1 amide bonds. The van der Waals surface area contributed by atoms with Gasteiger partial charge in [0.05, 0.1) is 0 Å². The zero-order chi connectivity index (χ0) is 15.4. The van der Waals surface area contributed by atoms with Crippen LogP contribution in [0, 0.1) is 18.7 Å². The van der Waals surface area contributed by atoms with Crippen molar-refractivity contribution < 1.29 is 9.18 Å². The molecule has 21 heavy (non-hydrogen) atoms. The van der Waals surface area contributed by atoms with E-state index in [2.05, 4.69) is 19.2 Å². The van der Waals surface area contributed by atoms with Crippen LogP contribution < -0.4 is 5.32 Å². The first-order valence-corrected chi connectivity index (χ1v) is 7.76. The highest BCUT2D eigenvalue weighted by atomic mass is 19.1. The Kier molecular flexibility index (Phi) is 5.34. The number of nitrogens with zero attached hydrogens (tertiary/aromatic N) is 1. The lowest BCUT2D eigenvalue weighted by atomic mass is 9.97. The molecule has 1 N–H and O–H groups in total. The van der Waals surface area contributed by atoms with Gasteiger partial charge in [0.15, 0.2) is 0 Å². The van der Waals surface area contributed by atoms with Crippen molar-refractivity contribution in [1.29, 1.82) is 0 Å². The minimum Gasteiger partial charge on any atom is -0.338 e. The van der Waals surface area contributed by atoms with E-state index in [1.54, 1.807) is 19.1 Å². The number of nitrogens with one attached hydrogen (secondary N) is 1. The van der Waals surface area contributed by atoms with E-state index in [9.17, 15) is 9.18 Å². The first kappa shape index (κ1) is 16.0. The summed E-state index contributed by atoms with van der Waals surface area (Å²) in [5.41, 5.74) is 1.03. The predicted molar refractivity (Wildman–Crippen MR) is 82.9 cm³/mol. The molecule has 1 saturated heterocycles. The summed E-state index contributed by atoms with van der Waals surface area (Å²) in [5, 5.41) is 3.43. The van der Waals surface area contributed by atoms with E-state index in [0.29, 0.717) is 23.1 Å². The van der Waals surface area contributed by atoms with Crippen LogP contribution in [0.4, 0.5) is 4.39 Å². The van der Waals surface area contributed by atoms with Gasteiger partial charge in [0.1, 0.15) is 5.82 Å². The van der Waals surface area contributed by atoms with Gasteiger partial charge in [-0.2, -0.15) is 0 Å². The van der Waals surface area contributed by atoms with Crippen molar-refractivity contribution in [2.75, 3.05) is 19.6 Å². The first-order chi connectivity index (χ1) is 9.97. The Bertz CT molecular complexity index is 502. The van der Waals surface area contributed by atoms with Gasteiger partial charge in [0.25, 0.3) is 5.91 Å². The summed E-state index contributed by atoms with van der Waals surface area (Å²) in [5.74, 6) is 0.124. The van der Waals surface area contributed by atoms with Crippen molar-refractivity contribution in [1.82, 2.24) is 10.2 Å². The zero-order valence-corrected chi connectivity index (χ0v) is 13.2. The molecule has 1 aromatic rings. The predicted octanol–water partition coefficient (Wildman–Crippen LogP) is 2.98. The number of amides is 1. The smallest absolute Gasteiger partial charge is 0.253 e. The third kappa shape index (κ3) is 4.27. The lowest BCUT2D eigenvalue weighted by molar-refractivity contribution is 0.0671. The second kappa shape index (κ2) is 7.03. The largest absolute Gasteiger partial charge is 0.338 e. The lowest BCUT2D eigenvalue weighted by Gasteiger charge is -2.33. The van der Waals surface area contributed by atoms with Crippen LogP contribution in [0.3, 0.4) is 0 Å². The highest BCUT2D eigenvalue weighted by Gasteiger charge is 2.24. The third-order valence-electron chi connectivity index (χ3n) is 4.04. The van der Waals surface area contributed by atoms with Crippen molar-refractivity contribution in [3.63, 3.8) is 0 Å². The average molecular weight is 292 g/mol. The second-order valence-corrected chi connectivity index (χ2v) is 6.29. The minimum absolute atomic E-state index is 0.0526. The van der Waals surface area contributed by atoms with Crippen LogP contribution in [0.25, 0.3) is 0 Å². The molecule has 0 saturated carbocycles. The van der Waals surface area contributed by atoms with Gasteiger partial charge >= 0.3 is 0 Å². The normalized spacial score (nSPS) is 19.1. The molecule has 0 aliphatic carbocycles. The summed E-state index contributed by atoms with van der Waals surface area (Å²) in [6.45, 7) is 8.42. The Morgan fingerprint density at radius 1 is 1.48 bits per heavy atom. The third-order valence-corrected chi connectivity index (χ3v) is 4.04. The highest BCUT2D eigenvalue weighted by molar-refractivity contribution is 5.94. The van der Waals surface area contributed by atoms with Gasteiger partial charge < -0.3 is 10.2 Å². The standard InChI is InChI=1S/C17H25FN2O/c1-12(2)19-10-14-5-4-8-20(11-14)17(21)15-7-6-13(3)16(18)9-15/h6-7,9,12,14,19H,4-5,8,10-11H2,1-3H3. The molecule has 116 valence electrons. The lowest BCUT2D eigenvalue weighted by Crippen LogP contribution is -2.43. The number of hydrogen-bond acceptors (Lipinski definition) is 2. The number of likely N-dealkylation sites (tertiary alicyclic amines) is 1. The molecule has 1 aliphatic heterocycles. The fourth-order valence-electron chi connectivity index (χ4n) is 2.73. The number of halogens is 1. The van der Waals surface area contributed by atoms with Crippen LogP contribution in [0.1, 0.15) is 42.6 Å². The van der Waals surface area contributed by atoms with Crippen molar-refractivity contribution >= 4 is 5.91 Å². The van der Waals surface area contributed by atoms with Gasteiger partial charge in [-0.3, -0.25) is 4.79 Å². The van der Waals surface area contributed by atoms with E-state index in [1.807, 2.05) is 4.90 Å². The molecule has 0 spiro atoms. The Morgan fingerprint density at radius 3 is 2.90 bits per heavy atom. The first-order valence-electron chi connectivity index (χ1n) is 7.76. The van der Waals surface area contributed by atoms with Gasteiger partial charge in [-0.25, -0.2) is 4.39 Å². The Morgan fingerprint density at radius 2 is 2.24 bits per heavy atom. The second-order valence-electron chi connectivity index (χ2n) is 6.29. The van der Waals surface area contributed by atoms with E-state index in [4.69, 9.17) is 0 Å². The fourth-order valence-corrected chi connectivity index (χ4v) is 2.73. The van der Waals surface area contributed by atoms with Crippen LogP contribution in [0.2, 0.25) is 0 Å². The molecule has 1 fully saturated rings. The van der Waals surface area contributed by atoms with E-state index >= 15 is 0 Å². The fraction of sp³-hybridized carbons (Fsp3) is 0.588. The van der Waals surface area contributed by atoms with Gasteiger partial charge in [-0.05, 0) is 49.9 Å². The maximum atomic E-state index is 13.6. The number of hydrogen-bond donors (Lipinski definition) is 1. The Labute approximate surface area is 126 Å². The topological polar surface area (TPSA) is 32.3 Å². The SMILES string of the molecule is Cc1ccc(C(=O)N2CCCC(CNC(C)C)C2)cc1F. The van der Waals surface area contributed by atoms with Crippen molar-refractivity contribution in [2.45, 2.75) is 39.7 Å². The summed E-state index contributed by atoms with van der Waals surface area (Å²) in [4.78, 5) is 14.3. The monoisotopic (exact) mass is 292 g/mol.